The highest BCUT2D eigenvalue weighted by molar-refractivity contribution is 7.94. The molecule has 9 heteroatoms. The van der Waals surface area contributed by atoms with Crippen molar-refractivity contribution < 1.29 is 13.3 Å². The van der Waals surface area contributed by atoms with Crippen molar-refractivity contribution in [3.8, 4) is 0 Å². The number of nitrogens with zero attached hydrogens (tertiary/aromatic N) is 3. The molecule has 1 unspecified atom stereocenters. The van der Waals surface area contributed by atoms with E-state index >= 15 is 0 Å². The zero-order chi connectivity index (χ0) is 14.2. The smallest absolute Gasteiger partial charge is 0.333 e. The van der Waals surface area contributed by atoms with E-state index in [9.17, 15) is 18.5 Å². The lowest BCUT2D eigenvalue weighted by Gasteiger charge is -2.11. The van der Waals surface area contributed by atoms with Gasteiger partial charge in [-0.2, -0.15) is 5.10 Å². The molecule has 0 saturated carbocycles. The first kappa shape index (κ1) is 13.5. The van der Waals surface area contributed by atoms with E-state index in [1.165, 1.54) is 10.8 Å². The van der Waals surface area contributed by atoms with Gasteiger partial charge in [-0.05, 0) is 19.9 Å². The maximum absolute atomic E-state index is 11.3. The Labute approximate surface area is 110 Å². The van der Waals surface area contributed by atoms with Crippen molar-refractivity contribution >= 4 is 21.3 Å². The molecule has 1 aliphatic heterocycles. The van der Waals surface area contributed by atoms with Crippen LogP contribution in [-0.4, -0.2) is 34.9 Å². The van der Waals surface area contributed by atoms with Gasteiger partial charge in [0.15, 0.2) is 9.84 Å². The van der Waals surface area contributed by atoms with E-state index in [0.29, 0.717) is 12.2 Å². The topological polar surface area (TPSA) is 107 Å². The van der Waals surface area contributed by atoms with Crippen LogP contribution < -0.4 is 5.32 Å². The Bertz CT molecular complexity index is 647. The lowest BCUT2D eigenvalue weighted by atomic mass is 10.3. The van der Waals surface area contributed by atoms with Crippen LogP contribution in [-0.2, 0) is 16.4 Å². The lowest BCUT2D eigenvalue weighted by Crippen LogP contribution is -2.23. The second-order valence-corrected chi connectivity index (χ2v) is 6.20. The molecule has 1 aromatic rings. The van der Waals surface area contributed by atoms with Gasteiger partial charge in [-0.1, -0.05) is 0 Å². The molecular formula is C10H14N4O4S. The summed E-state index contributed by atoms with van der Waals surface area (Å²) in [6.07, 6.45) is 1.49. The summed E-state index contributed by atoms with van der Waals surface area (Å²) in [6, 6.07) is -0.468. The number of nitrogens with one attached hydrogen (secondary N) is 1. The molecule has 0 saturated heterocycles. The summed E-state index contributed by atoms with van der Waals surface area (Å²) in [5.41, 5.74) is 0.193. The fourth-order valence-corrected chi connectivity index (χ4v) is 3.24. The largest absolute Gasteiger partial charge is 0.357 e. The fraction of sp³-hybridized carbons (Fsp3) is 0.500. The predicted octanol–water partition coefficient (Wildman–Crippen LogP) is 0.842. The molecule has 0 bridgehead atoms. The van der Waals surface area contributed by atoms with Gasteiger partial charge in [0.2, 0.25) is 5.82 Å². The normalized spacial score (nSPS) is 20.6. The number of aryl methyl sites for hydroxylation is 2. The quantitative estimate of drug-likeness (QED) is 0.649. The van der Waals surface area contributed by atoms with Gasteiger partial charge in [-0.15, -0.1) is 0 Å². The van der Waals surface area contributed by atoms with Crippen molar-refractivity contribution in [1.82, 2.24) is 9.78 Å². The van der Waals surface area contributed by atoms with Gasteiger partial charge >= 0.3 is 5.69 Å². The van der Waals surface area contributed by atoms with Gasteiger partial charge in [-0.25, -0.2) is 13.1 Å². The van der Waals surface area contributed by atoms with Crippen molar-refractivity contribution in [2.45, 2.75) is 26.4 Å². The van der Waals surface area contributed by atoms with Crippen LogP contribution in [0.15, 0.2) is 11.5 Å². The Morgan fingerprint density at radius 1 is 1.63 bits per heavy atom. The van der Waals surface area contributed by atoms with Gasteiger partial charge in [0, 0.05) is 12.0 Å². The van der Waals surface area contributed by atoms with Gasteiger partial charge in [-0.3, -0.25) is 10.1 Å². The average Bonchev–Trinajstić information content (AvgIpc) is 2.79. The molecule has 104 valence electrons. The van der Waals surface area contributed by atoms with E-state index in [1.807, 2.05) is 6.92 Å². The minimum atomic E-state index is -3.20. The van der Waals surface area contributed by atoms with Crippen LogP contribution in [0.3, 0.4) is 0 Å². The third-order valence-electron chi connectivity index (χ3n) is 2.83. The first-order valence-corrected chi connectivity index (χ1v) is 7.45. The molecule has 2 rings (SSSR count). The number of nitro groups is 1. The molecule has 2 heterocycles. The molecule has 1 aromatic heterocycles. The highest BCUT2D eigenvalue weighted by Crippen LogP contribution is 2.29. The minimum absolute atomic E-state index is 0.0991. The van der Waals surface area contributed by atoms with E-state index < -0.39 is 20.8 Å². The second kappa shape index (κ2) is 4.65. The zero-order valence-corrected chi connectivity index (χ0v) is 11.3. The number of hydrogen-bond donors (Lipinski definition) is 1. The lowest BCUT2D eigenvalue weighted by molar-refractivity contribution is -0.384. The van der Waals surface area contributed by atoms with E-state index in [1.54, 1.807) is 6.92 Å². The molecule has 19 heavy (non-hydrogen) atoms. The Morgan fingerprint density at radius 2 is 2.32 bits per heavy atom. The van der Waals surface area contributed by atoms with E-state index in [2.05, 4.69) is 10.4 Å². The molecule has 0 fully saturated rings. The zero-order valence-electron chi connectivity index (χ0n) is 10.5. The number of anilines is 1. The second-order valence-electron chi connectivity index (χ2n) is 4.26. The van der Waals surface area contributed by atoms with Crippen molar-refractivity contribution in [1.29, 1.82) is 0 Å². The monoisotopic (exact) mass is 286 g/mol. The summed E-state index contributed by atoms with van der Waals surface area (Å²) in [5.74, 6) is 0.148. The molecule has 0 amide bonds. The summed E-state index contributed by atoms with van der Waals surface area (Å²) >= 11 is 0. The fourth-order valence-electron chi connectivity index (χ4n) is 2.00. The van der Waals surface area contributed by atoms with Crippen molar-refractivity contribution in [3.05, 3.63) is 27.3 Å². The SMILES string of the molecule is CCn1nc(C)c([N+](=O)[O-])c1NC1C=CS(=O)(=O)C1. The molecule has 0 radical (unpaired) electrons. The van der Waals surface area contributed by atoms with Crippen LogP contribution >= 0.6 is 0 Å². The summed E-state index contributed by atoms with van der Waals surface area (Å²) in [4.78, 5) is 10.5. The highest BCUT2D eigenvalue weighted by Gasteiger charge is 2.29. The summed E-state index contributed by atoms with van der Waals surface area (Å²) < 4.78 is 24.1. The van der Waals surface area contributed by atoms with Gasteiger partial charge in [0.1, 0.15) is 5.69 Å². The van der Waals surface area contributed by atoms with E-state index in [4.69, 9.17) is 0 Å². The van der Waals surface area contributed by atoms with Gasteiger partial charge in [0.05, 0.1) is 16.7 Å². The molecular weight excluding hydrogens is 272 g/mol. The van der Waals surface area contributed by atoms with Crippen molar-refractivity contribution in [3.63, 3.8) is 0 Å². The predicted molar refractivity (Wildman–Crippen MR) is 69.6 cm³/mol. The first-order valence-electron chi connectivity index (χ1n) is 5.73. The van der Waals surface area contributed by atoms with Crippen molar-refractivity contribution in [2.24, 2.45) is 0 Å². The van der Waals surface area contributed by atoms with Crippen LogP contribution in [0.2, 0.25) is 0 Å². The molecule has 1 atom stereocenters. The molecule has 0 spiro atoms. The van der Waals surface area contributed by atoms with E-state index in [-0.39, 0.29) is 17.3 Å². The van der Waals surface area contributed by atoms with Crippen LogP contribution in [0, 0.1) is 17.0 Å². The van der Waals surface area contributed by atoms with Gasteiger partial charge < -0.3 is 5.32 Å². The number of sulfone groups is 1. The number of aromatic nitrogens is 2. The van der Waals surface area contributed by atoms with Crippen molar-refractivity contribution in [2.75, 3.05) is 11.1 Å². The summed E-state index contributed by atoms with van der Waals surface area (Å²) in [5, 5.41) is 19.1. The van der Waals surface area contributed by atoms with Crippen LogP contribution in [0.4, 0.5) is 11.5 Å². The third kappa shape index (κ3) is 2.60. The Hall–Kier alpha value is -1.90. The standard InChI is InChI=1S/C10H14N4O4S/c1-3-13-10(9(14(15)16)7(2)12-13)11-8-4-5-19(17,18)6-8/h4-5,8,11H,3,6H2,1-2H3. The Kier molecular flexibility index (Phi) is 3.31. The minimum Gasteiger partial charge on any atom is -0.357 e. The molecule has 1 N–H and O–H groups in total. The third-order valence-corrected chi connectivity index (χ3v) is 4.23. The maximum atomic E-state index is 11.3. The molecule has 1 aliphatic rings. The maximum Gasteiger partial charge on any atom is 0.333 e. The molecule has 8 nitrogen and oxygen atoms in total. The molecule has 0 aliphatic carbocycles. The average molecular weight is 286 g/mol. The van der Waals surface area contributed by atoms with E-state index in [0.717, 1.165) is 5.41 Å². The number of rotatable bonds is 4. The first-order chi connectivity index (χ1) is 8.84. The van der Waals surface area contributed by atoms with Gasteiger partial charge in [0.25, 0.3) is 0 Å². The Morgan fingerprint density at radius 3 is 2.79 bits per heavy atom. The van der Waals surface area contributed by atoms with Crippen LogP contribution in [0.1, 0.15) is 12.6 Å². The summed E-state index contributed by atoms with van der Waals surface area (Å²) in [7, 11) is -3.20. The molecule has 0 aromatic carbocycles. The van der Waals surface area contributed by atoms with Crippen LogP contribution in [0.25, 0.3) is 0 Å². The highest BCUT2D eigenvalue weighted by atomic mass is 32.2. The summed E-state index contributed by atoms with van der Waals surface area (Å²) in [6.45, 7) is 3.82. The van der Waals surface area contributed by atoms with Crippen LogP contribution in [0.5, 0.6) is 0 Å². The number of hydrogen-bond acceptors (Lipinski definition) is 6. The Balaban J connectivity index is 2.34.